The van der Waals surface area contributed by atoms with Crippen molar-refractivity contribution >= 4 is 5.91 Å². The molecular formula is C23H36N3O+. The molecule has 0 aromatic heterocycles. The van der Waals surface area contributed by atoms with E-state index in [0.717, 1.165) is 32.6 Å². The van der Waals surface area contributed by atoms with Gasteiger partial charge in [0.2, 0.25) is 5.91 Å². The molecular weight excluding hydrogens is 334 g/mol. The lowest BCUT2D eigenvalue weighted by atomic mass is 9.92. The minimum absolute atomic E-state index is 0.256. The number of benzene rings is 1. The van der Waals surface area contributed by atoms with Crippen LogP contribution in [0.1, 0.15) is 50.5 Å². The molecule has 1 aromatic carbocycles. The van der Waals surface area contributed by atoms with Crippen LogP contribution in [-0.2, 0) is 11.3 Å². The van der Waals surface area contributed by atoms with Gasteiger partial charge in [-0.3, -0.25) is 9.69 Å². The zero-order valence-corrected chi connectivity index (χ0v) is 16.7. The van der Waals surface area contributed by atoms with Crippen molar-refractivity contribution in [1.29, 1.82) is 0 Å². The highest BCUT2D eigenvalue weighted by Gasteiger charge is 2.34. The van der Waals surface area contributed by atoms with Gasteiger partial charge in [-0.2, -0.15) is 0 Å². The molecule has 0 unspecified atom stereocenters. The van der Waals surface area contributed by atoms with E-state index in [1.165, 1.54) is 63.7 Å². The third-order valence-corrected chi connectivity index (χ3v) is 6.95. The first-order chi connectivity index (χ1) is 13.3. The summed E-state index contributed by atoms with van der Waals surface area (Å²) < 4.78 is 0. The van der Waals surface area contributed by atoms with Gasteiger partial charge in [0.15, 0.2) is 0 Å². The topological polar surface area (TPSA) is 28.0 Å². The van der Waals surface area contributed by atoms with Crippen LogP contribution in [0.2, 0.25) is 0 Å². The predicted octanol–water partition coefficient (Wildman–Crippen LogP) is 1.96. The summed E-state index contributed by atoms with van der Waals surface area (Å²) in [5, 5.41) is 0. The van der Waals surface area contributed by atoms with Crippen molar-refractivity contribution in [2.75, 3.05) is 39.3 Å². The molecule has 27 heavy (non-hydrogen) atoms. The molecule has 4 nitrogen and oxygen atoms in total. The molecule has 3 saturated heterocycles. The minimum atomic E-state index is 0.256. The highest BCUT2D eigenvalue weighted by Crippen LogP contribution is 2.24. The van der Waals surface area contributed by atoms with E-state index in [2.05, 4.69) is 40.1 Å². The highest BCUT2D eigenvalue weighted by molar-refractivity contribution is 5.79. The lowest BCUT2D eigenvalue weighted by Crippen LogP contribution is -3.12. The maximum Gasteiger partial charge on any atom is 0.226 e. The lowest BCUT2D eigenvalue weighted by Gasteiger charge is -2.42. The Labute approximate surface area is 164 Å². The van der Waals surface area contributed by atoms with Crippen LogP contribution in [0.5, 0.6) is 0 Å². The maximum atomic E-state index is 12.9. The van der Waals surface area contributed by atoms with E-state index < -0.39 is 0 Å². The van der Waals surface area contributed by atoms with Gasteiger partial charge in [0.05, 0.1) is 19.0 Å². The molecule has 1 aromatic rings. The number of amides is 1. The van der Waals surface area contributed by atoms with Crippen LogP contribution in [0.4, 0.5) is 0 Å². The van der Waals surface area contributed by atoms with Gasteiger partial charge in [-0.05, 0) is 38.6 Å². The van der Waals surface area contributed by atoms with E-state index in [4.69, 9.17) is 0 Å². The number of quaternary nitrogens is 1. The fraction of sp³-hybridized carbons (Fsp3) is 0.696. The number of hydrogen-bond acceptors (Lipinski definition) is 2. The van der Waals surface area contributed by atoms with Gasteiger partial charge in [0.25, 0.3) is 0 Å². The van der Waals surface area contributed by atoms with Crippen molar-refractivity contribution < 1.29 is 9.69 Å². The smallest absolute Gasteiger partial charge is 0.226 e. The standard InChI is InChI=1S/C23H35N3O/c27-23(25-13-5-2-6-14-25)21-10-7-15-26(19-21)22-11-16-24(17-12-22)18-20-8-3-1-4-9-20/h1,3-4,8-9,21-22H,2,5-7,10-19H2/p+1/t21-/m0/s1. The summed E-state index contributed by atoms with van der Waals surface area (Å²) in [5.74, 6) is 0.707. The summed E-state index contributed by atoms with van der Waals surface area (Å²) >= 11 is 0. The number of nitrogens with one attached hydrogen (secondary N) is 1. The van der Waals surface area contributed by atoms with Crippen LogP contribution >= 0.6 is 0 Å². The van der Waals surface area contributed by atoms with E-state index >= 15 is 0 Å². The Kier molecular flexibility index (Phi) is 6.46. The lowest BCUT2D eigenvalue weighted by molar-refractivity contribution is -0.919. The van der Waals surface area contributed by atoms with E-state index in [1.54, 1.807) is 4.90 Å². The molecule has 1 atom stereocenters. The number of piperidine rings is 3. The maximum absolute atomic E-state index is 12.9. The van der Waals surface area contributed by atoms with Gasteiger partial charge in [0.1, 0.15) is 6.54 Å². The number of hydrogen-bond donors (Lipinski definition) is 1. The highest BCUT2D eigenvalue weighted by atomic mass is 16.2. The molecule has 3 heterocycles. The quantitative estimate of drug-likeness (QED) is 0.878. The summed E-state index contributed by atoms with van der Waals surface area (Å²) in [6, 6.07) is 11.6. The Morgan fingerprint density at radius 2 is 1.67 bits per heavy atom. The Morgan fingerprint density at radius 1 is 0.926 bits per heavy atom. The first kappa shape index (κ1) is 18.9. The number of likely N-dealkylation sites (tertiary alicyclic amines) is 3. The Hall–Kier alpha value is -1.39. The molecule has 1 amide bonds. The monoisotopic (exact) mass is 370 g/mol. The van der Waals surface area contributed by atoms with Gasteiger partial charge in [-0.1, -0.05) is 30.3 Å². The fourth-order valence-corrected chi connectivity index (χ4v) is 5.35. The number of carbonyl (C=O) groups is 1. The second-order valence-corrected chi connectivity index (χ2v) is 8.86. The van der Waals surface area contributed by atoms with Gasteiger partial charge >= 0.3 is 0 Å². The second kappa shape index (κ2) is 9.20. The van der Waals surface area contributed by atoms with Crippen LogP contribution < -0.4 is 4.90 Å². The summed E-state index contributed by atoms with van der Waals surface area (Å²) in [6.45, 7) is 7.88. The molecule has 4 heteroatoms. The fourth-order valence-electron chi connectivity index (χ4n) is 5.35. The number of rotatable bonds is 4. The first-order valence-corrected chi connectivity index (χ1v) is 11.2. The summed E-state index contributed by atoms with van der Waals surface area (Å²) in [4.78, 5) is 19.5. The second-order valence-electron chi connectivity index (χ2n) is 8.86. The Bertz CT molecular complexity index is 591. The zero-order valence-electron chi connectivity index (χ0n) is 16.7. The third-order valence-electron chi connectivity index (χ3n) is 6.95. The zero-order chi connectivity index (χ0) is 18.5. The van der Waals surface area contributed by atoms with Gasteiger partial charge in [0, 0.05) is 44.1 Å². The largest absolute Gasteiger partial charge is 0.342 e. The van der Waals surface area contributed by atoms with E-state index in [9.17, 15) is 4.79 Å². The molecule has 4 rings (SSSR count). The molecule has 0 radical (unpaired) electrons. The molecule has 1 N–H and O–H groups in total. The normalized spacial score (nSPS) is 30.2. The molecule has 3 aliphatic heterocycles. The van der Waals surface area contributed by atoms with Crippen molar-refractivity contribution in [3.8, 4) is 0 Å². The van der Waals surface area contributed by atoms with Crippen LogP contribution in [0.3, 0.4) is 0 Å². The van der Waals surface area contributed by atoms with Crippen LogP contribution in [0.15, 0.2) is 30.3 Å². The molecule has 0 saturated carbocycles. The van der Waals surface area contributed by atoms with Crippen LogP contribution in [-0.4, -0.2) is 61.0 Å². The molecule has 0 bridgehead atoms. The average Bonchev–Trinajstić information content (AvgIpc) is 2.75. The summed E-state index contributed by atoms with van der Waals surface area (Å²) in [7, 11) is 0. The molecule has 0 aliphatic carbocycles. The van der Waals surface area contributed by atoms with Gasteiger partial charge in [-0.25, -0.2) is 0 Å². The van der Waals surface area contributed by atoms with E-state index in [1.807, 2.05) is 0 Å². The number of nitrogens with zero attached hydrogens (tertiary/aromatic N) is 2. The Morgan fingerprint density at radius 3 is 2.41 bits per heavy atom. The van der Waals surface area contributed by atoms with Crippen molar-refractivity contribution in [3.63, 3.8) is 0 Å². The first-order valence-electron chi connectivity index (χ1n) is 11.2. The number of carbonyl (C=O) groups excluding carboxylic acids is 1. The van der Waals surface area contributed by atoms with Crippen molar-refractivity contribution in [2.24, 2.45) is 5.92 Å². The van der Waals surface area contributed by atoms with Crippen LogP contribution in [0, 0.1) is 5.92 Å². The van der Waals surface area contributed by atoms with Crippen molar-refractivity contribution in [1.82, 2.24) is 9.80 Å². The van der Waals surface area contributed by atoms with Crippen molar-refractivity contribution in [3.05, 3.63) is 35.9 Å². The molecule has 0 spiro atoms. The minimum Gasteiger partial charge on any atom is -0.342 e. The molecule has 3 fully saturated rings. The van der Waals surface area contributed by atoms with Gasteiger partial charge in [-0.15, -0.1) is 0 Å². The van der Waals surface area contributed by atoms with E-state index in [-0.39, 0.29) is 5.92 Å². The van der Waals surface area contributed by atoms with Gasteiger partial charge < -0.3 is 9.80 Å². The molecule has 148 valence electrons. The summed E-state index contributed by atoms with van der Waals surface area (Å²) in [6.07, 6.45) is 8.56. The summed E-state index contributed by atoms with van der Waals surface area (Å²) in [5.41, 5.74) is 1.45. The third kappa shape index (κ3) is 4.91. The Balaban J connectivity index is 1.26. The predicted molar refractivity (Wildman–Crippen MR) is 109 cm³/mol. The molecule has 3 aliphatic rings. The van der Waals surface area contributed by atoms with Crippen LogP contribution in [0.25, 0.3) is 0 Å². The van der Waals surface area contributed by atoms with Crippen molar-refractivity contribution in [2.45, 2.75) is 57.5 Å². The SMILES string of the molecule is O=C([C@H]1CCCN(C2CC[NH+](Cc3ccccc3)CC2)C1)N1CCCCC1. The average molecular weight is 371 g/mol. The van der Waals surface area contributed by atoms with E-state index in [0.29, 0.717) is 11.9 Å².